The maximum Gasteiger partial charge on any atom is 0.00432 e. The third-order valence-corrected chi connectivity index (χ3v) is 3.30. The number of hydrogen-bond acceptors (Lipinski definition) is 1. The van der Waals surface area contributed by atoms with Gasteiger partial charge in [0, 0.05) is 4.90 Å². The third kappa shape index (κ3) is 1.38. The van der Waals surface area contributed by atoms with Gasteiger partial charge in [0.25, 0.3) is 0 Å². The standard InChI is InChI=1S/C14H12S/c1-9-2-3-10-7-11-8-12(15)4-5-13(11)14(10)6-9/h2-6,8,15H,7H2,1H3. The Morgan fingerprint density at radius 2 is 1.80 bits per heavy atom. The molecule has 0 unspecified atom stereocenters. The monoisotopic (exact) mass is 212 g/mol. The van der Waals surface area contributed by atoms with E-state index in [0.717, 1.165) is 11.3 Å². The van der Waals surface area contributed by atoms with Crippen LogP contribution < -0.4 is 0 Å². The van der Waals surface area contributed by atoms with Crippen molar-refractivity contribution >= 4 is 12.6 Å². The second-order valence-corrected chi connectivity index (χ2v) is 4.70. The van der Waals surface area contributed by atoms with Crippen LogP contribution in [0.3, 0.4) is 0 Å². The molecule has 0 aromatic heterocycles. The van der Waals surface area contributed by atoms with Gasteiger partial charge in [0.1, 0.15) is 0 Å². The molecule has 0 N–H and O–H groups in total. The van der Waals surface area contributed by atoms with E-state index in [4.69, 9.17) is 0 Å². The van der Waals surface area contributed by atoms with E-state index in [2.05, 4.69) is 56.0 Å². The molecule has 0 amide bonds. The Labute approximate surface area is 95.4 Å². The zero-order chi connectivity index (χ0) is 10.4. The predicted molar refractivity (Wildman–Crippen MR) is 66.7 cm³/mol. The van der Waals surface area contributed by atoms with Crippen molar-refractivity contribution in [1.82, 2.24) is 0 Å². The Morgan fingerprint density at radius 1 is 0.933 bits per heavy atom. The van der Waals surface area contributed by atoms with Gasteiger partial charge in [-0.2, -0.15) is 0 Å². The van der Waals surface area contributed by atoms with Crippen LogP contribution in [0.25, 0.3) is 11.1 Å². The first-order valence-corrected chi connectivity index (χ1v) is 5.60. The lowest BCUT2D eigenvalue weighted by atomic mass is 10.0. The van der Waals surface area contributed by atoms with Crippen molar-refractivity contribution in [3.05, 3.63) is 53.1 Å². The molecule has 2 aromatic rings. The van der Waals surface area contributed by atoms with Crippen molar-refractivity contribution < 1.29 is 0 Å². The second-order valence-electron chi connectivity index (χ2n) is 4.18. The van der Waals surface area contributed by atoms with Crippen LogP contribution in [0.2, 0.25) is 0 Å². The van der Waals surface area contributed by atoms with Crippen LogP contribution >= 0.6 is 12.6 Å². The van der Waals surface area contributed by atoms with E-state index in [0.29, 0.717) is 0 Å². The second kappa shape index (κ2) is 3.14. The molecule has 15 heavy (non-hydrogen) atoms. The Hall–Kier alpha value is -1.21. The molecule has 74 valence electrons. The van der Waals surface area contributed by atoms with Crippen LogP contribution in [0.4, 0.5) is 0 Å². The van der Waals surface area contributed by atoms with Gasteiger partial charge in [-0.1, -0.05) is 29.8 Å². The first-order chi connectivity index (χ1) is 7.24. The van der Waals surface area contributed by atoms with E-state index in [9.17, 15) is 0 Å². The highest BCUT2D eigenvalue weighted by Gasteiger charge is 2.17. The summed E-state index contributed by atoms with van der Waals surface area (Å²) in [5.41, 5.74) is 6.96. The summed E-state index contributed by atoms with van der Waals surface area (Å²) in [7, 11) is 0. The maximum atomic E-state index is 4.38. The van der Waals surface area contributed by atoms with E-state index in [1.54, 1.807) is 0 Å². The number of hydrogen-bond donors (Lipinski definition) is 1. The number of thiol groups is 1. The molecule has 0 saturated heterocycles. The van der Waals surface area contributed by atoms with Crippen LogP contribution in [0.15, 0.2) is 41.3 Å². The van der Waals surface area contributed by atoms with E-state index in [-0.39, 0.29) is 0 Å². The molecule has 0 fully saturated rings. The quantitative estimate of drug-likeness (QED) is 0.537. The summed E-state index contributed by atoms with van der Waals surface area (Å²) in [6, 6.07) is 13.1. The fourth-order valence-corrected chi connectivity index (χ4v) is 2.52. The van der Waals surface area contributed by atoms with E-state index in [1.165, 1.54) is 27.8 Å². The summed E-state index contributed by atoms with van der Waals surface area (Å²) in [5, 5.41) is 0. The maximum absolute atomic E-state index is 4.38. The van der Waals surface area contributed by atoms with Crippen molar-refractivity contribution in [2.24, 2.45) is 0 Å². The van der Waals surface area contributed by atoms with Gasteiger partial charge in [-0.3, -0.25) is 0 Å². The molecule has 0 bridgehead atoms. The SMILES string of the molecule is Cc1ccc2c(c1)-c1ccc(S)cc1C2. The third-order valence-electron chi connectivity index (χ3n) is 3.03. The van der Waals surface area contributed by atoms with Gasteiger partial charge in [-0.15, -0.1) is 12.6 Å². The lowest BCUT2D eigenvalue weighted by molar-refractivity contribution is 1.23. The first kappa shape index (κ1) is 9.05. The molecule has 1 aliphatic rings. The van der Waals surface area contributed by atoms with Crippen molar-refractivity contribution in [3.63, 3.8) is 0 Å². The smallest absolute Gasteiger partial charge is 0.00432 e. The fraction of sp³-hybridized carbons (Fsp3) is 0.143. The lowest BCUT2D eigenvalue weighted by Gasteiger charge is -2.02. The van der Waals surface area contributed by atoms with Gasteiger partial charge in [0.15, 0.2) is 0 Å². The van der Waals surface area contributed by atoms with Gasteiger partial charge in [0.05, 0.1) is 0 Å². The molecular formula is C14H12S. The molecule has 0 nitrogen and oxygen atoms in total. The molecule has 0 spiro atoms. The average molecular weight is 212 g/mol. The Kier molecular flexibility index (Phi) is 1.89. The molecule has 1 aliphatic carbocycles. The van der Waals surface area contributed by atoms with E-state index in [1.807, 2.05) is 0 Å². The Balaban J connectivity index is 2.26. The van der Waals surface area contributed by atoms with Gasteiger partial charge < -0.3 is 0 Å². The highest BCUT2D eigenvalue weighted by Crippen LogP contribution is 2.37. The first-order valence-electron chi connectivity index (χ1n) is 5.16. The summed E-state index contributed by atoms with van der Waals surface area (Å²) in [6.45, 7) is 2.14. The zero-order valence-corrected chi connectivity index (χ0v) is 9.51. The van der Waals surface area contributed by atoms with Gasteiger partial charge >= 0.3 is 0 Å². The number of fused-ring (bicyclic) bond motifs is 3. The molecule has 2 aromatic carbocycles. The summed E-state index contributed by atoms with van der Waals surface area (Å²) >= 11 is 4.38. The average Bonchev–Trinajstić information content (AvgIpc) is 2.54. The van der Waals surface area contributed by atoms with Gasteiger partial charge in [-0.05, 0) is 47.7 Å². The van der Waals surface area contributed by atoms with Crippen LogP contribution in [0, 0.1) is 6.92 Å². The predicted octanol–water partition coefficient (Wildman–Crippen LogP) is 3.85. The van der Waals surface area contributed by atoms with Crippen molar-refractivity contribution in [2.45, 2.75) is 18.2 Å². The molecule has 3 rings (SSSR count). The molecule has 1 heteroatoms. The van der Waals surface area contributed by atoms with Crippen LogP contribution in [0.1, 0.15) is 16.7 Å². The molecule has 0 atom stereocenters. The molecule has 0 heterocycles. The van der Waals surface area contributed by atoms with Gasteiger partial charge in [0.2, 0.25) is 0 Å². The number of benzene rings is 2. The van der Waals surface area contributed by atoms with Crippen LogP contribution in [0.5, 0.6) is 0 Å². The largest absolute Gasteiger partial charge is 0.143 e. The van der Waals surface area contributed by atoms with Crippen molar-refractivity contribution in [2.75, 3.05) is 0 Å². The van der Waals surface area contributed by atoms with Crippen LogP contribution in [-0.4, -0.2) is 0 Å². The minimum absolute atomic E-state index is 1.05. The Morgan fingerprint density at radius 3 is 2.67 bits per heavy atom. The van der Waals surface area contributed by atoms with Crippen LogP contribution in [-0.2, 0) is 6.42 Å². The zero-order valence-electron chi connectivity index (χ0n) is 8.62. The molecule has 0 saturated carbocycles. The topological polar surface area (TPSA) is 0 Å². The molecule has 0 radical (unpaired) electrons. The highest BCUT2D eigenvalue weighted by atomic mass is 32.1. The Bertz CT molecular complexity index is 541. The summed E-state index contributed by atoms with van der Waals surface area (Å²) in [4.78, 5) is 1.05. The summed E-state index contributed by atoms with van der Waals surface area (Å²) in [6.07, 6.45) is 1.05. The summed E-state index contributed by atoms with van der Waals surface area (Å²) < 4.78 is 0. The number of aryl methyl sites for hydroxylation is 1. The minimum Gasteiger partial charge on any atom is -0.143 e. The number of rotatable bonds is 0. The van der Waals surface area contributed by atoms with Crippen molar-refractivity contribution in [1.29, 1.82) is 0 Å². The lowest BCUT2D eigenvalue weighted by Crippen LogP contribution is -1.80. The molecular weight excluding hydrogens is 200 g/mol. The van der Waals surface area contributed by atoms with E-state index >= 15 is 0 Å². The molecule has 0 aliphatic heterocycles. The fourth-order valence-electron chi connectivity index (χ4n) is 2.29. The normalized spacial score (nSPS) is 12.4. The van der Waals surface area contributed by atoms with Crippen molar-refractivity contribution in [3.8, 4) is 11.1 Å². The highest BCUT2D eigenvalue weighted by molar-refractivity contribution is 7.80. The van der Waals surface area contributed by atoms with E-state index < -0.39 is 0 Å². The minimum atomic E-state index is 1.05. The summed E-state index contributed by atoms with van der Waals surface area (Å²) in [5.74, 6) is 0. The van der Waals surface area contributed by atoms with Gasteiger partial charge in [-0.25, -0.2) is 0 Å².